The van der Waals surface area contributed by atoms with Gasteiger partial charge in [0.05, 0.1) is 12.3 Å². The number of hydrogen-bond donors (Lipinski definition) is 1. The molecule has 1 aromatic heterocycles. The number of rotatable bonds is 4. The molecule has 1 aromatic rings. The molecular formula is C9H11F6N3O. The van der Waals surface area contributed by atoms with E-state index in [4.69, 9.17) is 5.73 Å². The first kappa shape index (κ1) is 15.8. The normalized spacial score (nSPS) is 15.0. The van der Waals surface area contributed by atoms with Crippen molar-refractivity contribution in [3.05, 3.63) is 18.0 Å². The highest BCUT2D eigenvalue weighted by atomic mass is 19.4. The Morgan fingerprint density at radius 2 is 1.79 bits per heavy atom. The molecule has 0 spiro atoms. The molecule has 0 saturated heterocycles. The molecule has 19 heavy (non-hydrogen) atoms. The molecule has 2 N–H and O–H groups in total. The standard InChI is InChI=1S/C9H11F6N3O/c1-18-4-5(3-17-18)6(2-16)19-7(8(10,11)12)9(13,14)15/h3-4,6-7H,2,16H2,1H3. The fourth-order valence-electron chi connectivity index (χ4n) is 1.38. The third-order valence-corrected chi connectivity index (χ3v) is 2.21. The van der Waals surface area contributed by atoms with Crippen LogP contribution >= 0.6 is 0 Å². The minimum absolute atomic E-state index is 0.0449. The van der Waals surface area contributed by atoms with Crippen molar-refractivity contribution >= 4 is 0 Å². The maximum absolute atomic E-state index is 12.3. The Labute approximate surface area is 104 Å². The average Bonchev–Trinajstić information content (AvgIpc) is 2.62. The second kappa shape index (κ2) is 5.37. The smallest absolute Gasteiger partial charge is 0.351 e. The second-order valence-electron chi connectivity index (χ2n) is 3.77. The topological polar surface area (TPSA) is 53.1 Å². The lowest BCUT2D eigenvalue weighted by Gasteiger charge is -2.27. The lowest BCUT2D eigenvalue weighted by Crippen LogP contribution is -2.45. The van der Waals surface area contributed by atoms with Crippen LogP contribution in [-0.4, -0.2) is 34.8 Å². The van der Waals surface area contributed by atoms with E-state index in [9.17, 15) is 26.3 Å². The lowest BCUT2D eigenvalue weighted by atomic mass is 10.2. The van der Waals surface area contributed by atoms with Crippen molar-refractivity contribution in [2.75, 3.05) is 6.54 Å². The van der Waals surface area contributed by atoms with E-state index in [1.54, 1.807) is 0 Å². The molecular weight excluding hydrogens is 280 g/mol. The van der Waals surface area contributed by atoms with Crippen LogP contribution in [0.3, 0.4) is 0 Å². The van der Waals surface area contributed by atoms with Crippen LogP contribution in [-0.2, 0) is 11.8 Å². The minimum atomic E-state index is -5.56. The fraction of sp³-hybridized carbons (Fsp3) is 0.667. The van der Waals surface area contributed by atoms with Gasteiger partial charge in [-0.25, -0.2) is 0 Å². The summed E-state index contributed by atoms with van der Waals surface area (Å²) in [5.74, 6) is 0. The van der Waals surface area contributed by atoms with Gasteiger partial charge in [0.15, 0.2) is 0 Å². The number of hydrogen-bond acceptors (Lipinski definition) is 3. The summed E-state index contributed by atoms with van der Waals surface area (Å²) < 4.78 is 79.3. The van der Waals surface area contributed by atoms with E-state index < -0.39 is 31.1 Å². The molecule has 1 rings (SSSR count). The third kappa shape index (κ3) is 4.10. The van der Waals surface area contributed by atoms with Crippen molar-refractivity contribution < 1.29 is 31.1 Å². The van der Waals surface area contributed by atoms with Gasteiger partial charge in [-0.1, -0.05) is 0 Å². The van der Waals surface area contributed by atoms with E-state index in [0.29, 0.717) is 0 Å². The summed E-state index contributed by atoms with van der Waals surface area (Å²) in [5.41, 5.74) is 5.20. The van der Waals surface area contributed by atoms with Gasteiger partial charge < -0.3 is 10.5 Å². The summed E-state index contributed by atoms with van der Waals surface area (Å²) in [7, 11) is 1.46. The molecule has 1 heterocycles. The Morgan fingerprint density at radius 3 is 2.11 bits per heavy atom. The van der Waals surface area contributed by atoms with Gasteiger partial charge in [0.1, 0.15) is 0 Å². The zero-order valence-electron chi connectivity index (χ0n) is 9.66. The van der Waals surface area contributed by atoms with Crippen LogP contribution in [0, 0.1) is 0 Å². The Balaban J connectivity index is 2.94. The van der Waals surface area contributed by atoms with Crippen LogP contribution in [0.4, 0.5) is 26.3 Å². The van der Waals surface area contributed by atoms with E-state index in [1.165, 1.54) is 17.9 Å². The molecule has 0 aromatic carbocycles. The first-order chi connectivity index (χ1) is 8.55. The van der Waals surface area contributed by atoms with Gasteiger partial charge in [0, 0.05) is 25.4 Å². The summed E-state index contributed by atoms with van der Waals surface area (Å²) in [6.07, 6.45) is -14.2. The number of aromatic nitrogens is 2. The molecule has 0 saturated carbocycles. The van der Waals surface area contributed by atoms with Gasteiger partial charge in [-0.3, -0.25) is 4.68 Å². The zero-order chi connectivity index (χ0) is 14.8. The Hall–Kier alpha value is -1.29. The molecule has 0 bridgehead atoms. The van der Waals surface area contributed by atoms with Crippen LogP contribution in [0.15, 0.2) is 12.4 Å². The number of ether oxygens (including phenoxy) is 1. The van der Waals surface area contributed by atoms with Crippen molar-refractivity contribution in [1.29, 1.82) is 0 Å². The van der Waals surface area contributed by atoms with Gasteiger partial charge >= 0.3 is 12.4 Å². The van der Waals surface area contributed by atoms with Crippen LogP contribution < -0.4 is 5.73 Å². The molecule has 0 aliphatic rings. The molecule has 0 fully saturated rings. The summed E-state index contributed by atoms with van der Waals surface area (Å²) in [6, 6.07) is 0. The molecule has 0 radical (unpaired) electrons. The number of aryl methyl sites for hydroxylation is 1. The number of halogens is 6. The largest absolute Gasteiger partial charge is 0.423 e. The van der Waals surface area contributed by atoms with Crippen LogP contribution in [0.1, 0.15) is 11.7 Å². The number of nitrogens with two attached hydrogens (primary N) is 1. The Kier molecular flexibility index (Phi) is 4.46. The number of alkyl halides is 6. The lowest BCUT2D eigenvalue weighted by molar-refractivity contribution is -0.331. The first-order valence-electron chi connectivity index (χ1n) is 5.03. The molecule has 0 aliphatic carbocycles. The first-order valence-corrected chi connectivity index (χ1v) is 5.03. The third-order valence-electron chi connectivity index (χ3n) is 2.21. The van der Waals surface area contributed by atoms with Crippen molar-refractivity contribution in [2.24, 2.45) is 12.8 Å². The predicted octanol–water partition coefficient (Wildman–Crippen LogP) is 1.93. The van der Waals surface area contributed by atoms with Crippen molar-refractivity contribution in [2.45, 2.75) is 24.6 Å². The molecule has 1 atom stereocenters. The summed E-state index contributed by atoms with van der Waals surface area (Å²) in [6.45, 7) is -0.533. The van der Waals surface area contributed by atoms with Gasteiger partial charge in [0.2, 0.25) is 6.10 Å². The minimum Gasteiger partial charge on any atom is -0.351 e. The monoisotopic (exact) mass is 291 g/mol. The van der Waals surface area contributed by atoms with E-state index >= 15 is 0 Å². The quantitative estimate of drug-likeness (QED) is 0.862. The molecule has 0 amide bonds. The summed E-state index contributed by atoms with van der Waals surface area (Å²) >= 11 is 0. The Bertz CT molecular complexity index is 399. The molecule has 1 unspecified atom stereocenters. The number of nitrogens with zero attached hydrogens (tertiary/aromatic N) is 2. The van der Waals surface area contributed by atoms with Crippen molar-refractivity contribution in [1.82, 2.24) is 9.78 Å². The molecule has 10 heteroatoms. The highest BCUT2D eigenvalue weighted by molar-refractivity contribution is 5.09. The summed E-state index contributed by atoms with van der Waals surface area (Å²) in [4.78, 5) is 0. The Morgan fingerprint density at radius 1 is 1.26 bits per heavy atom. The predicted molar refractivity (Wildman–Crippen MR) is 52.0 cm³/mol. The van der Waals surface area contributed by atoms with E-state index in [-0.39, 0.29) is 5.56 Å². The van der Waals surface area contributed by atoms with E-state index in [1.807, 2.05) is 0 Å². The highest BCUT2D eigenvalue weighted by Gasteiger charge is 2.58. The van der Waals surface area contributed by atoms with Gasteiger partial charge in [-0.05, 0) is 0 Å². The van der Waals surface area contributed by atoms with E-state index in [2.05, 4.69) is 9.84 Å². The molecule has 0 aliphatic heterocycles. The van der Waals surface area contributed by atoms with Gasteiger partial charge in [-0.15, -0.1) is 0 Å². The van der Waals surface area contributed by atoms with Crippen molar-refractivity contribution in [3.8, 4) is 0 Å². The van der Waals surface area contributed by atoms with Crippen LogP contribution in [0.5, 0.6) is 0 Å². The zero-order valence-corrected chi connectivity index (χ0v) is 9.66. The van der Waals surface area contributed by atoms with Crippen molar-refractivity contribution in [3.63, 3.8) is 0 Å². The maximum Gasteiger partial charge on any atom is 0.423 e. The van der Waals surface area contributed by atoms with Gasteiger partial charge in [-0.2, -0.15) is 31.4 Å². The van der Waals surface area contributed by atoms with E-state index in [0.717, 1.165) is 6.20 Å². The molecule has 4 nitrogen and oxygen atoms in total. The fourth-order valence-corrected chi connectivity index (χ4v) is 1.38. The average molecular weight is 291 g/mol. The summed E-state index contributed by atoms with van der Waals surface area (Å²) in [5, 5.41) is 3.64. The van der Waals surface area contributed by atoms with Crippen LogP contribution in [0.25, 0.3) is 0 Å². The second-order valence-corrected chi connectivity index (χ2v) is 3.77. The molecule has 110 valence electrons. The maximum atomic E-state index is 12.3. The van der Waals surface area contributed by atoms with Gasteiger partial charge in [0.25, 0.3) is 0 Å². The van der Waals surface area contributed by atoms with Crippen LogP contribution in [0.2, 0.25) is 0 Å². The highest BCUT2D eigenvalue weighted by Crippen LogP contribution is 2.38. The SMILES string of the molecule is Cn1cc(C(CN)OC(C(F)(F)F)C(F)(F)F)cn1.